The Labute approximate surface area is 171 Å². The van der Waals surface area contributed by atoms with Crippen molar-refractivity contribution in [3.05, 3.63) is 70.0 Å². The zero-order chi connectivity index (χ0) is 19.2. The molecule has 5 nitrogen and oxygen atoms in total. The number of nitrogens with one attached hydrogen (secondary N) is 1. The lowest BCUT2D eigenvalue weighted by Gasteiger charge is -2.07. The quantitative estimate of drug-likeness (QED) is 0.548. The van der Waals surface area contributed by atoms with E-state index in [1.54, 1.807) is 0 Å². The summed E-state index contributed by atoms with van der Waals surface area (Å²) >= 11 is 4.85. The molecule has 0 bridgehead atoms. The van der Waals surface area contributed by atoms with E-state index in [0.29, 0.717) is 5.75 Å². The molecule has 0 saturated carbocycles. The summed E-state index contributed by atoms with van der Waals surface area (Å²) in [6.07, 6.45) is 1.74. The number of halogens is 1. The number of aryl methyl sites for hydroxylation is 3. The van der Waals surface area contributed by atoms with Crippen molar-refractivity contribution in [2.75, 3.05) is 11.1 Å². The summed E-state index contributed by atoms with van der Waals surface area (Å²) in [6, 6.07) is 16.1. The molecule has 0 spiro atoms. The molecule has 0 radical (unpaired) electrons. The van der Waals surface area contributed by atoms with Crippen molar-refractivity contribution in [2.45, 2.75) is 24.9 Å². The van der Waals surface area contributed by atoms with E-state index in [9.17, 15) is 4.79 Å². The smallest absolute Gasteiger partial charge is 0.234 e. The van der Waals surface area contributed by atoms with Crippen molar-refractivity contribution in [1.29, 1.82) is 0 Å². The summed E-state index contributed by atoms with van der Waals surface area (Å²) in [5.74, 6) is 1.15. The van der Waals surface area contributed by atoms with E-state index in [0.717, 1.165) is 39.5 Å². The normalized spacial score (nSPS) is 10.8. The van der Waals surface area contributed by atoms with Crippen LogP contribution in [0.3, 0.4) is 0 Å². The molecule has 1 N–H and O–H groups in total. The maximum Gasteiger partial charge on any atom is 0.234 e. The van der Waals surface area contributed by atoms with Crippen LogP contribution in [0.1, 0.15) is 17.0 Å². The maximum atomic E-state index is 12.2. The number of benzene rings is 2. The molecule has 7 heteroatoms. The largest absolute Gasteiger partial charge is 0.325 e. The molecule has 0 unspecified atom stereocenters. The fourth-order valence-electron chi connectivity index (χ4n) is 2.64. The van der Waals surface area contributed by atoms with Gasteiger partial charge in [-0.2, -0.15) is 0 Å². The minimum absolute atomic E-state index is 0.0597. The van der Waals surface area contributed by atoms with Crippen LogP contribution in [0, 0.1) is 6.92 Å². The molecule has 0 aliphatic rings. The van der Waals surface area contributed by atoms with Crippen molar-refractivity contribution >= 4 is 39.3 Å². The molecule has 140 valence electrons. The third kappa shape index (κ3) is 5.43. The second kappa shape index (κ2) is 9.19. The monoisotopic (exact) mass is 444 g/mol. The topological polar surface area (TPSA) is 59.8 Å². The van der Waals surface area contributed by atoms with Gasteiger partial charge in [0.05, 0.1) is 5.75 Å². The number of rotatable bonds is 7. The number of thioether (sulfide) groups is 1. The number of hydrogen-bond acceptors (Lipinski definition) is 4. The van der Waals surface area contributed by atoms with Gasteiger partial charge in [0, 0.05) is 23.6 Å². The van der Waals surface area contributed by atoms with Gasteiger partial charge in [0.1, 0.15) is 5.82 Å². The molecular formula is C20H21BrN4OS. The van der Waals surface area contributed by atoms with Crippen LogP contribution in [0.25, 0.3) is 0 Å². The lowest BCUT2D eigenvalue weighted by Crippen LogP contribution is -2.14. The lowest BCUT2D eigenvalue weighted by atomic mass is 10.1. The fourth-order valence-corrected chi connectivity index (χ4v) is 3.62. The Hall–Kier alpha value is -2.12. The number of hydrogen-bond donors (Lipinski definition) is 1. The first-order valence-corrected chi connectivity index (χ1v) is 10.4. The summed E-state index contributed by atoms with van der Waals surface area (Å²) in [4.78, 5) is 12.2. The zero-order valence-corrected chi connectivity index (χ0v) is 17.7. The van der Waals surface area contributed by atoms with E-state index in [-0.39, 0.29) is 5.91 Å². The molecule has 2 aromatic carbocycles. The van der Waals surface area contributed by atoms with Gasteiger partial charge in [-0.1, -0.05) is 58.0 Å². The Kier molecular flexibility index (Phi) is 6.68. The molecule has 0 fully saturated rings. The average Bonchev–Trinajstić information content (AvgIpc) is 3.02. The molecular weight excluding hydrogens is 424 g/mol. The Bertz CT molecular complexity index is 927. The lowest BCUT2D eigenvalue weighted by molar-refractivity contribution is -0.113. The van der Waals surface area contributed by atoms with Crippen LogP contribution in [-0.4, -0.2) is 26.4 Å². The van der Waals surface area contributed by atoms with Gasteiger partial charge in [0.25, 0.3) is 0 Å². The van der Waals surface area contributed by atoms with Gasteiger partial charge in [-0.05, 0) is 42.7 Å². The van der Waals surface area contributed by atoms with Gasteiger partial charge in [-0.3, -0.25) is 4.79 Å². The van der Waals surface area contributed by atoms with Crippen LogP contribution in [0.15, 0.2) is 58.2 Å². The first-order valence-electron chi connectivity index (χ1n) is 8.64. The minimum atomic E-state index is -0.0597. The van der Waals surface area contributed by atoms with Crippen molar-refractivity contribution in [3.63, 3.8) is 0 Å². The summed E-state index contributed by atoms with van der Waals surface area (Å²) in [6.45, 7) is 1.99. The van der Waals surface area contributed by atoms with Crippen LogP contribution < -0.4 is 5.32 Å². The molecule has 1 amide bonds. The predicted octanol–water partition coefficient (Wildman–Crippen LogP) is 4.40. The molecule has 1 heterocycles. The number of anilines is 1. The highest BCUT2D eigenvalue weighted by Crippen LogP contribution is 2.21. The van der Waals surface area contributed by atoms with Crippen LogP contribution >= 0.6 is 27.7 Å². The van der Waals surface area contributed by atoms with Crippen LogP contribution in [-0.2, 0) is 24.7 Å². The Balaban J connectivity index is 1.52. The average molecular weight is 445 g/mol. The molecule has 0 aliphatic carbocycles. The number of amides is 1. The van der Waals surface area contributed by atoms with Crippen molar-refractivity contribution in [2.24, 2.45) is 7.05 Å². The third-order valence-corrected chi connectivity index (χ3v) is 6.09. The molecule has 1 aromatic heterocycles. The van der Waals surface area contributed by atoms with E-state index in [1.165, 1.54) is 17.3 Å². The standard InChI is InChI=1S/C20H21BrN4OS/c1-14-12-16(9-10-17(14)21)22-19(26)13-27-20-24-23-18(25(20)2)11-8-15-6-4-3-5-7-15/h3-7,9-10,12H,8,11,13H2,1-2H3,(H,22,26). The van der Waals surface area contributed by atoms with Crippen LogP contribution in [0.5, 0.6) is 0 Å². The molecule has 27 heavy (non-hydrogen) atoms. The number of aromatic nitrogens is 3. The number of carbonyl (C=O) groups excluding carboxylic acids is 1. The van der Waals surface area contributed by atoms with Gasteiger partial charge in [0.2, 0.25) is 5.91 Å². The minimum Gasteiger partial charge on any atom is -0.325 e. The Morgan fingerprint density at radius 2 is 1.93 bits per heavy atom. The van der Waals surface area contributed by atoms with E-state index >= 15 is 0 Å². The van der Waals surface area contributed by atoms with Gasteiger partial charge >= 0.3 is 0 Å². The highest BCUT2D eigenvalue weighted by atomic mass is 79.9. The summed E-state index contributed by atoms with van der Waals surface area (Å²) in [5.41, 5.74) is 3.15. The van der Waals surface area contributed by atoms with Crippen LogP contribution in [0.4, 0.5) is 5.69 Å². The third-order valence-electron chi connectivity index (χ3n) is 4.18. The number of carbonyl (C=O) groups is 1. The van der Waals surface area contributed by atoms with E-state index in [1.807, 2.05) is 54.9 Å². The summed E-state index contributed by atoms with van der Waals surface area (Å²) in [7, 11) is 1.94. The zero-order valence-electron chi connectivity index (χ0n) is 15.3. The SMILES string of the molecule is Cc1cc(NC(=O)CSc2nnc(CCc3ccccc3)n2C)ccc1Br. The Morgan fingerprint density at radius 1 is 1.15 bits per heavy atom. The second-order valence-corrected chi connectivity index (χ2v) is 8.04. The van der Waals surface area contributed by atoms with Gasteiger partial charge < -0.3 is 9.88 Å². The summed E-state index contributed by atoms with van der Waals surface area (Å²) < 4.78 is 2.99. The van der Waals surface area contributed by atoms with Crippen molar-refractivity contribution in [3.8, 4) is 0 Å². The van der Waals surface area contributed by atoms with E-state index < -0.39 is 0 Å². The highest BCUT2D eigenvalue weighted by molar-refractivity contribution is 9.10. The van der Waals surface area contributed by atoms with Gasteiger partial charge in [-0.25, -0.2) is 0 Å². The predicted molar refractivity (Wildman–Crippen MR) is 113 cm³/mol. The maximum absolute atomic E-state index is 12.2. The van der Waals surface area contributed by atoms with Crippen molar-refractivity contribution < 1.29 is 4.79 Å². The molecule has 0 atom stereocenters. The van der Waals surface area contributed by atoms with Gasteiger partial charge in [0.15, 0.2) is 5.16 Å². The Morgan fingerprint density at radius 3 is 2.67 bits per heavy atom. The number of nitrogens with zero attached hydrogens (tertiary/aromatic N) is 3. The van der Waals surface area contributed by atoms with Gasteiger partial charge in [-0.15, -0.1) is 10.2 Å². The second-order valence-electron chi connectivity index (χ2n) is 6.24. The van der Waals surface area contributed by atoms with Crippen LogP contribution in [0.2, 0.25) is 0 Å². The van der Waals surface area contributed by atoms with E-state index in [4.69, 9.17) is 0 Å². The molecule has 0 saturated heterocycles. The molecule has 0 aliphatic heterocycles. The first kappa shape index (κ1) is 19.6. The first-order chi connectivity index (χ1) is 13.0. The van der Waals surface area contributed by atoms with E-state index in [2.05, 4.69) is 43.6 Å². The summed E-state index contributed by atoms with van der Waals surface area (Å²) in [5, 5.41) is 12.2. The fraction of sp³-hybridized carbons (Fsp3) is 0.250. The highest BCUT2D eigenvalue weighted by Gasteiger charge is 2.12. The molecule has 3 rings (SSSR count). The van der Waals surface area contributed by atoms with Crippen molar-refractivity contribution in [1.82, 2.24) is 14.8 Å². The molecule has 3 aromatic rings.